The molecule has 0 aliphatic carbocycles. The Kier molecular flexibility index (Phi) is 4.19. The fourth-order valence-corrected chi connectivity index (χ4v) is 1.98. The molecule has 0 amide bonds. The van der Waals surface area contributed by atoms with Crippen molar-refractivity contribution in [1.82, 2.24) is 0 Å². The second kappa shape index (κ2) is 5.67. The Balaban J connectivity index is 2.11. The van der Waals surface area contributed by atoms with Gasteiger partial charge in [-0.2, -0.15) is 0 Å². The van der Waals surface area contributed by atoms with Crippen molar-refractivity contribution in [1.29, 1.82) is 0 Å². The molecule has 2 aromatic carbocycles. The first kappa shape index (κ1) is 13.3. The summed E-state index contributed by atoms with van der Waals surface area (Å²) in [4.78, 5) is 0. The third-order valence-corrected chi connectivity index (χ3v) is 3.65. The van der Waals surface area contributed by atoms with Crippen molar-refractivity contribution in [3.63, 3.8) is 0 Å². The number of anilines is 1. The first-order chi connectivity index (χ1) is 8.58. The highest BCUT2D eigenvalue weighted by Crippen LogP contribution is 2.26. The van der Waals surface area contributed by atoms with Crippen molar-refractivity contribution in [3.05, 3.63) is 63.1 Å². The standard InChI is InChI=1S/C13H9BrClF2N/c14-10-6-9(4-5-11(10)15)18-7-8-2-1-3-12(16)13(8)17/h1-6,18H,7H2. The predicted molar refractivity (Wildman–Crippen MR) is 72.8 cm³/mol. The summed E-state index contributed by atoms with van der Waals surface area (Å²) >= 11 is 9.15. The van der Waals surface area contributed by atoms with Gasteiger partial charge in [0.05, 0.1) is 5.02 Å². The molecule has 94 valence electrons. The summed E-state index contributed by atoms with van der Waals surface area (Å²) in [7, 11) is 0. The van der Waals surface area contributed by atoms with E-state index < -0.39 is 11.6 Å². The SMILES string of the molecule is Fc1cccc(CNc2ccc(Cl)c(Br)c2)c1F. The molecule has 2 rings (SSSR count). The summed E-state index contributed by atoms with van der Waals surface area (Å²) in [5.74, 6) is -1.66. The third-order valence-electron chi connectivity index (χ3n) is 2.43. The number of hydrogen-bond acceptors (Lipinski definition) is 1. The number of halogens is 4. The lowest BCUT2D eigenvalue weighted by molar-refractivity contribution is 0.500. The van der Waals surface area contributed by atoms with Gasteiger partial charge in [-0.05, 0) is 40.2 Å². The molecule has 0 fully saturated rings. The van der Waals surface area contributed by atoms with E-state index in [4.69, 9.17) is 11.6 Å². The molecule has 0 bridgehead atoms. The van der Waals surface area contributed by atoms with Crippen LogP contribution in [-0.2, 0) is 6.54 Å². The van der Waals surface area contributed by atoms with E-state index >= 15 is 0 Å². The lowest BCUT2D eigenvalue weighted by Gasteiger charge is -2.08. The average Bonchev–Trinajstić information content (AvgIpc) is 2.35. The number of nitrogens with one attached hydrogen (secondary N) is 1. The molecule has 0 heterocycles. The van der Waals surface area contributed by atoms with Gasteiger partial charge < -0.3 is 5.32 Å². The molecule has 0 atom stereocenters. The Morgan fingerprint density at radius 3 is 2.67 bits per heavy atom. The van der Waals surface area contributed by atoms with Crippen molar-refractivity contribution in [2.24, 2.45) is 0 Å². The molecule has 18 heavy (non-hydrogen) atoms. The first-order valence-corrected chi connectivity index (χ1v) is 6.37. The Hall–Kier alpha value is -1.13. The van der Waals surface area contributed by atoms with E-state index in [-0.39, 0.29) is 12.1 Å². The molecular weight excluding hydrogens is 324 g/mol. The van der Waals surface area contributed by atoms with E-state index in [1.54, 1.807) is 18.2 Å². The third kappa shape index (κ3) is 3.00. The zero-order chi connectivity index (χ0) is 13.1. The van der Waals surface area contributed by atoms with E-state index in [0.717, 1.165) is 16.2 Å². The van der Waals surface area contributed by atoms with Gasteiger partial charge in [-0.25, -0.2) is 8.78 Å². The zero-order valence-corrected chi connectivity index (χ0v) is 11.5. The molecule has 5 heteroatoms. The lowest BCUT2D eigenvalue weighted by atomic mass is 10.2. The van der Waals surface area contributed by atoms with Crippen LogP contribution in [-0.4, -0.2) is 0 Å². The summed E-state index contributed by atoms with van der Waals surface area (Å²) in [5.41, 5.74) is 1.05. The molecule has 0 saturated carbocycles. The quantitative estimate of drug-likeness (QED) is 0.834. The van der Waals surface area contributed by atoms with Crippen LogP contribution in [0, 0.1) is 11.6 Å². The smallest absolute Gasteiger partial charge is 0.163 e. The van der Waals surface area contributed by atoms with Crippen LogP contribution < -0.4 is 5.32 Å². The van der Waals surface area contributed by atoms with Gasteiger partial charge in [0.15, 0.2) is 11.6 Å². The number of benzene rings is 2. The van der Waals surface area contributed by atoms with Gasteiger partial charge in [-0.3, -0.25) is 0 Å². The van der Waals surface area contributed by atoms with Gasteiger partial charge in [-0.15, -0.1) is 0 Å². The summed E-state index contributed by atoms with van der Waals surface area (Å²) in [6, 6.07) is 9.38. The molecular formula is C13H9BrClF2N. The highest BCUT2D eigenvalue weighted by molar-refractivity contribution is 9.10. The van der Waals surface area contributed by atoms with Crippen LogP contribution in [0.4, 0.5) is 14.5 Å². The topological polar surface area (TPSA) is 12.0 Å². The van der Waals surface area contributed by atoms with Crippen LogP contribution in [0.3, 0.4) is 0 Å². The Morgan fingerprint density at radius 1 is 1.17 bits per heavy atom. The number of hydrogen-bond donors (Lipinski definition) is 1. The first-order valence-electron chi connectivity index (χ1n) is 5.20. The molecule has 0 aliphatic heterocycles. The zero-order valence-electron chi connectivity index (χ0n) is 9.18. The van der Waals surface area contributed by atoms with Crippen LogP contribution in [0.1, 0.15) is 5.56 Å². The molecule has 0 unspecified atom stereocenters. The van der Waals surface area contributed by atoms with Gasteiger partial charge in [0.2, 0.25) is 0 Å². The molecule has 0 aliphatic rings. The summed E-state index contributed by atoms with van der Waals surface area (Å²) < 4.78 is 27.1. The average molecular weight is 333 g/mol. The van der Waals surface area contributed by atoms with Crippen LogP contribution in [0.25, 0.3) is 0 Å². The molecule has 0 saturated heterocycles. The molecule has 2 aromatic rings. The van der Waals surface area contributed by atoms with Crippen molar-refractivity contribution in [2.45, 2.75) is 6.54 Å². The van der Waals surface area contributed by atoms with Crippen molar-refractivity contribution < 1.29 is 8.78 Å². The number of rotatable bonds is 3. The highest BCUT2D eigenvalue weighted by atomic mass is 79.9. The normalized spacial score (nSPS) is 10.4. The lowest BCUT2D eigenvalue weighted by Crippen LogP contribution is -2.03. The summed E-state index contributed by atoms with van der Waals surface area (Å²) in [5, 5.41) is 3.60. The van der Waals surface area contributed by atoms with E-state index in [1.165, 1.54) is 12.1 Å². The predicted octanol–water partition coefficient (Wildman–Crippen LogP) is 4.99. The van der Waals surface area contributed by atoms with Crippen molar-refractivity contribution in [2.75, 3.05) is 5.32 Å². The van der Waals surface area contributed by atoms with E-state index in [9.17, 15) is 8.78 Å². The Morgan fingerprint density at radius 2 is 1.94 bits per heavy atom. The Bertz CT molecular complexity index is 575. The van der Waals surface area contributed by atoms with Gasteiger partial charge in [0.1, 0.15) is 0 Å². The Labute approximate surface area is 117 Å². The van der Waals surface area contributed by atoms with Gasteiger partial charge in [0.25, 0.3) is 0 Å². The van der Waals surface area contributed by atoms with Crippen LogP contribution in [0.2, 0.25) is 5.02 Å². The largest absolute Gasteiger partial charge is 0.381 e. The second-order valence-electron chi connectivity index (χ2n) is 3.70. The summed E-state index contributed by atoms with van der Waals surface area (Å²) in [6.07, 6.45) is 0. The van der Waals surface area contributed by atoms with Crippen molar-refractivity contribution >= 4 is 33.2 Å². The molecule has 0 spiro atoms. The van der Waals surface area contributed by atoms with Crippen LogP contribution in [0.15, 0.2) is 40.9 Å². The maximum absolute atomic E-state index is 13.4. The van der Waals surface area contributed by atoms with Crippen LogP contribution >= 0.6 is 27.5 Å². The van der Waals surface area contributed by atoms with E-state index in [0.29, 0.717) is 5.02 Å². The van der Waals surface area contributed by atoms with Crippen LogP contribution in [0.5, 0.6) is 0 Å². The minimum Gasteiger partial charge on any atom is -0.381 e. The monoisotopic (exact) mass is 331 g/mol. The second-order valence-corrected chi connectivity index (χ2v) is 4.96. The highest BCUT2D eigenvalue weighted by Gasteiger charge is 2.07. The van der Waals surface area contributed by atoms with Crippen molar-refractivity contribution in [3.8, 4) is 0 Å². The van der Waals surface area contributed by atoms with Gasteiger partial charge in [0, 0.05) is 22.3 Å². The molecule has 0 aromatic heterocycles. The van der Waals surface area contributed by atoms with Gasteiger partial charge >= 0.3 is 0 Å². The minimum atomic E-state index is -0.841. The summed E-state index contributed by atoms with van der Waals surface area (Å²) in [6.45, 7) is 0.206. The van der Waals surface area contributed by atoms with Gasteiger partial charge in [-0.1, -0.05) is 23.7 Å². The fourth-order valence-electron chi connectivity index (χ4n) is 1.49. The molecule has 1 N–H and O–H groups in total. The molecule has 1 nitrogen and oxygen atoms in total. The fraction of sp³-hybridized carbons (Fsp3) is 0.0769. The van der Waals surface area contributed by atoms with E-state index in [1.807, 2.05) is 0 Å². The maximum Gasteiger partial charge on any atom is 0.163 e. The maximum atomic E-state index is 13.4. The minimum absolute atomic E-state index is 0.206. The molecule has 0 radical (unpaired) electrons. The van der Waals surface area contributed by atoms with E-state index in [2.05, 4.69) is 21.2 Å².